The third-order valence-electron chi connectivity index (χ3n) is 4.21. The van der Waals surface area contributed by atoms with Crippen molar-refractivity contribution in [2.75, 3.05) is 0 Å². The number of aliphatic hydroxyl groups is 1. The molecule has 2 unspecified atom stereocenters. The molecule has 2 atom stereocenters. The normalized spacial score (nSPS) is 31.8. The van der Waals surface area contributed by atoms with Crippen LogP contribution in [-0.4, -0.2) is 28.2 Å². The molecule has 0 saturated carbocycles. The first kappa shape index (κ1) is 12.1. The summed E-state index contributed by atoms with van der Waals surface area (Å²) >= 11 is 0. The Morgan fingerprint density at radius 1 is 1.11 bits per heavy atom. The number of rotatable bonds is 2. The van der Waals surface area contributed by atoms with Crippen LogP contribution in [0, 0.1) is 11.6 Å². The van der Waals surface area contributed by atoms with Crippen LogP contribution < -0.4 is 0 Å². The number of halogens is 2. The van der Waals surface area contributed by atoms with Gasteiger partial charge >= 0.3 is 0 Å². The minimum atomic E-state index is -0.796. The topological polar surface area (TPSA) is 23.5 Å². The molecule has 2 heterocycles. The molecule has 0 spiro atoms. The van der Waals surface area contributed by atoms with Crippen molar-refractivity contribution < 1.29 is 13.9 Å². The lowest BCUT2D eigenvalue weighted by Gasteiger charge is -2.37. The average molecular weight is 253 g/mol. The first-order chi connectivity index (χ1) is 8.63. The molecule has 2 aliphatic rings. The van der Waals surface area contributed by atoms with Gasteiger partial charge in [-0.3, -0.25) is 4.90 Å². The summed E-state index contributed by atoms with van der Waals surface area (Å²) in [6.07, 6.45) is 3.63. The van der Waals surface area contributed by atoms with Gasteiger partial charge in [-0.25, -0.2) is 8.78 Å². The third kappa shape index (κ3) is 2.15. The molecule has 1 aromatic rings. The minimum Gasteiger partial charge on any atom is -0.393 e. The van der Waals surface area contributed by atoms with E-state index in [2.05, 4.69) is 4.90 Å². The zero-order chi connectivity index (χ0) is 12.7. The Morgan fingerprint density at radius 3 is 2.39 bits per heavy atom. The second-order valence-corrected chi connectivity index (χ2v) is 5.43. The van der Waals surface area contributed by atoms with Gasteiger partial charge in [-0.05, 0) is 43.4 Å². The molecular weight excluding hydrogens is 236 g/mol. The van der Waals surface area contributed by atoms with Crippen LogP contribution in [0.15, 0.2) is 18.2 Å². The second kappa shape index (κ2) is 4.59. The lowest BCUT2D eigenvalue weighted by atomic mass is 9.99. The van der Waals surface area contributed by atoms with Gasteiger partial charge in [-0.2, -0.15) is 0 Å². The Labute approximate surface area is 105 Å². The molecule has 2 saturated heterocycles. The fraction of sp³-hybridized carbons (Fsp3) is 0.571. The highest BCUT2D eigenvalue weighted by Crippen LogP contribution is 2.36. The van der Waals surface area contributed by atoms with Crippen molar-refractivity contribution in [3.63, 3.8) is 0 Å². The van der Waals surface area contributed by atoms with E-state index in [1.54, 1.807) is 6.07 Å². The second-order valence-electron chi connectivity index (χ2n) is 5.43. The minimum absolute atomic E-state index is 0.191. The van der Waals surface area contributed by atoms with Gasteiger partial charge < -0.3 is 5.11 Å². The van der Waals surface area contributed by atoms with E-state index in [4.69, 9.17) is 0 Å². The number of benzene rings is 1. The van der Waals surface area contributed by atoms with Crippen molar-refractivity contribution >= 4 is 0 Å². The molecule has 18 heavy (non-hydrogen) atoms. The van der Waals surface area contributed by atoms with Gasteiger partial charge in [0.2, 0.25) is 0 Å². The molecule has 2 nitrogen and oxygen atoms in total. The third-order valence-corrected chi connectivity index (χ3v) is 4.21. The predicted molar refractivity (Wildman–Crippen MR) is 64.0 cm³/mol. The van der Waals surface area contributed by atoms with Crippen LogP contribution in [0.1, 0.15) is 31.2 Å². The zero-order valence-corrected chi connectivity index (χ0v) is 10.1. The van der Waals surface area contributed by atoms with Crippen molar-refractivity contribution in [1.29, 1.82) is 0 Å². The number of hydrogen-bond donors (Lipinski definition) is 1. The SMILES string of the molecule is OC1CC2CCC(C1)N2Cc1ccc(F)c(F)c1. The molecule has 2 bridgehead atoms. The van der Waals surface area contributed by atoms with Gasteiger partial charge in [0.1, 0.15) is 0 Å². The molecule has 0 radical (unpaired) electrons. The summed E-state index contributed by atoms with van der Waals surface area (Å²) in [4.78, 5) is 2.33. The summed E-state index contributed by atoms with van der Waals surface area (Å²) < 4.78 is 26.0. The van der Waals surface area contributed by atoms with Gasteiger partial charge in [0.05, 0.1) is 6.10 Å². The van der Waals surface area contributed by atoms with E-state index in [1.807, 2.05) is 0 Å². The van der Waals surface area contributed by atoms with Gasteiger partial charge in [-0.15, -0.1) is 0 Å². The zero-order valence-electron chi connectivity index (χ0n) is 10.1. The molecule has 1 aromatic carbocycles. The maximum atomic E-state index is 13.2. The van der Waals surface area contributed by atoms with Gasteiger partial charge in [0, 0.05) is 18.6 Å². The fourth-order valence-electron chi connectivity index (χ4n) is 3.35. The fourth-order valence-corrected chi connectivity index (χ4v) is 3.35. The van der Waals surface area contributed by atoms with Gasteiger partial charge in [0.15, 0.2) is 11.6 Å². The Hall–Kier alpha value is -1.00. The summed E-state index contributed by atoms with van der Waals surface area (Å²) in [6.45, 7) is 0.652. The van der Waals surface area contributed by atoms with E-state index in [1.165, 1.54) is 12.1 Å². The van der Waals surface area contributed by atoms with E-state index in [0.717, 1.165) is 31.2 Å². The van der Waals surface area contributed by atoms with Gasteiger partial charge in [-0.1, -0.05) is 6.07 Å². The van der Waals surface area contributed by atoms with Crippen molar-refractivity contribution in [1.82, 2.24) is 4.90 Å². The van der Waals surface area contributed by atoms with Crippen molar-refractivity contribution in [3.8, 4) is 0 Å². The molecule has 98 valence electrons. The molecule has 2 aliphatic heterocycles. The first-order valence-electron chi connectivity index (χ1n) is 6.51. The lowest BCUT2D eigenvalue weighted by molar-refractivity contribution is 0.0309. The van der Waals surface area contributed by atoms with Crippen LogP contribution in [0.2, 0.25) is 0 Å². The van der Waals surface area contributed by atoms with Crippen LogP contribution in [0.25, 0.3) is 0 Å². The molecule has 0 aromatic heterocycles. The number of piperidine rings is 1. The largest absolute Gasteiger partial charge is 0.393 e. The predicted octanol–water partition coefficient (Wildman–Crippen LogP) is 2.45. The molecule has 1 N–H and O–H groups in total. The summed E-state index contributed by atoms with van der Waals surface area (Å²) in [7, 11) is 0. The average Bonchev–Trinajstić information content (AvgIpc) is 2.58. The maximum Gasteiger partial charge on any atom is 0.159 e. The molecule has 0 amide bonds. The summed E-state index contributed by atoms with van der Waals surface area (Å²) in [5, 5.41) is 9.72. The summed E-state index contributed by atoms with van der Waals surface area (Å²) in [5.74, 6) is -1.58. The standard InChI is InChI=1S/C14H17F2NO/c15-13-4-1-9(5-14(13)16)8-17-10-2-3-11(17)7-12(18)6-10/h1,4-5,10-12,18H,2-3,6-8H2. The van der Waals surface area contributed by atoms with Crippen molar-refractivity contribution in [2.24, 2.45) is 0 Å². The monoisotopic (exact) mass is 253 g/mol. The molecule has 0 aliphatic carbocycles. The Bertz CT molecular complexity index is 437. The van der Waals surface area contributed by atoms with Crippen molar-refractivity contribution in [3.05, 3.63) is 35.4 Å². The number of fused-ring (bicyclic) bond motifs is 2. The van der Waals surface area contributed by atoms with E-state index in [-0.39, 0.29) is 6.10 Å². The molecular formula is C14H17F2NO. The molecule has 3 rings (SSSR count). The van der Waals surface area contributed by atoms with Crippen LogP contribution in [0.5, 0.6) is 0 Å². The van der Waals surface area contributed by atoms with Crippen LogP contribution in [-0.2, 0) is 6.54 Å². The number of nitrogens with zero attached hydrogens (tertiary/aromatic N) is 1. The van der Waals surface area contributed by atoms with E-state index in [9.17, 15) is 13.9 Å². The number of hydrogen-bond acceptors (Lipinski definition) is 2. The van der Waals surface area contributed by atoms with Crippen molar-refractivity contribution in [2.45, 2.75) is 50.4 Å². The first-order valence-corrected chi connectivity index (χ1v) is 6.51. The van der Waals surface area contributed by atoms with Crippen LogP contribution in [0.3, 0.4) is 0 Å². The smallest absolute Gasteiger partial charge is 0.159 e. The number of aliphatic hydroxyl groups excluding tert-OH is 1. The Kier molecular flexibility index (Phi) is 3.08. The summed E-state index contributed by atoms with van der Waals surface area (Å²) in [5.41, 5.74) is 0.808. The van der Waals surface area contributed by atoms with E-state index < -0.39 is 11.6 Å². The van der Waals surface area contributed by atoms with E-state index >= 15 is 0 Å². The molecule has 2 fully saturated rings. The lowest BCUT2D eigenvalue weighted by Crippen LogP contribution is -2.44. The highest BCUT2D eigenvalue weighted by molar-refractivity contribution is 5.18. The Morgan fingerprint density at radius 2 is 1.78 bits per heavy atom. The highest BCUT2D eigenvalue weighted by atomic mass is 19.2. The highest BCUT2D eigenvalue weighted by Gasteiger charge is 2.39. The molecule has 4 heteroatoms. The maximum absolute atomic E-state index is 13.2. The van der Waals surface area contributed by atoms with Gasteiger partial charge in [0.25, 0.3) is 0 Å². The van der Waals surface area contributed by atoms with E-state index in [0.29, 0.717) is 18.6 Å². The quantitative estimate of drug-likeness (QED) is 0.875. The van der Waals surface area contributed by atoms with Crippen LogP contribution >= 0.6 is 0 Å². The summed E-state index contributed by atoms with van der Waals surface area (Å²) in [6, 6.07) is 4.90. The van der Waals surface area contributed by atoms with Crippen LogP contribution in [0.4, 0.5) is 8.78 Å². The Balaban J connectivity index is 1.75.